The summed E-state index contributed by atoms with van der Waals surface area (Å²) in [6.07, 6.45) is 2.18. The van der Waals surface area contributed by atoms with E-state index < -0.39 is 5.60 Å². The van der Waals surface area contributed by atoms with Gasteiger partial charge in [0.05, 0.1) is 6.61 Å². The fraction of sp³-hybridized carbons (Fsp3) is 0.500. The lowest BCUT2D eigenvalue weighted by Gasteiger charge is -2.21. The van der Waals surface area contributed by atoms with Gasteiger partial charge in [-0.2, -0.15) is 9.61 Å². The zero-order chi connectivity index (χ0) is 12.6. The van der Waals surface area contributed by atoms with Crippen LogP contribution in [0, 0.1) is 6.92 Å². The van der Waals surface area contributed by atoms with E-state index in [4.69, 9.17) is 4.74 Å². The van der Waals surface area contributed by atoms with Gasteiger partial charge < -0.3 is 15.2 Å². The van der Waals surface area contributed by atoms with Gasteiger partial charge in [-0.15, -0.1) is 0 Å². The molecule has 6 nitrogen and oxygen atoms in total. The molecule has 0 saturated carbocycles. The van der Waals surface area contributed by atoms with Crippen molar-refractivity contribution in [2.75, 3.05) is 25.1 Å². The highest BCUT2D eigenvalue weighted by Gasteiger charge is 2.32. The number of fused-ring (bicyclic) bond motifs is 1. The van der Waals surface area contributed by atoms with Gasteiger partial charge in [-0.1, -0.05) is 0 Å². The molecule has 2 aromatic rings. The molecular weight excluding hydrogens is 232 g/mol. The Morgan fingerprint density at radius 2 is 2.44 bits per heavy atom. The number of nitrogens with zero attached hydrogens (tertiary/aromatic N) is 3. The molecule has 1 unspecified atom stereocenters. The molecule has 1 aliphatic rings. The Morgan fingerprint density at radius 1 is 1.56 bits per heavy atom. The second-order valence-corrected chi connectivity index (χ2v) is 4.83. The normalized spacial score (nSPS) is 23.7. The number of rotatable bonds is 3. The largest absolute Gasteiger partial charge is 0.386 e. The fourth-order valence-electron chi connectivity index (χ4n) is 2.17. The molecule has 0 bridgehead atoms. The van der Waals surface area contributed by atoms with E-state index in [9.17, 15) is 5.11 Å². The topological polar surface area (TPSA) is 71.7 Å². The van der Waals surface area contributed by atoms with Crippen molar-refractivity contribution in [1.29, 1.82) is 0 Å². The number of nitrogens with one attached hydrogen (secondary N) is 1. The maximum Gasteiger partial charge on any atom is 0.157 e. The average Bonchev–Trinajstić information content (AvgIpc) is 2.95. The van der Waals surface area contributed by atoms with Crippen LogP contribution in [0.5, 0.6) is 0 Å². The van der Waals surface area contributed by atoms with E-state index in [0.29, 0.717) is 26.2 Å². The molecule has 0 amide bonds. The quantitative estimate of drug-likeness (QED) is 0.832. The Bertz CT molecular complexity index is 560. The zero-order valence-corrected chi connectivity index (χ0v) is 10.3. The van der Waals surface area contributed by atoms with Crippen LogP contribution in [0.1, 0.15) is 12.0 Å². The lowest BCUT2D eigenvalue weighted by atomic mass is 10.0. The standard InChI is InChI=1S/C12H16N4O2/c1-9-4-10(16-11(5-9)14-8-15-16)13-6-12(17)2-3-18-7-12/h4-5,8,13,17H,2-3,6-7H2,1H3. The van der Waals surface area contributed by atoms with Crippen molar-refractivity contribution in [2.24, 2.45) is 0 Å². The summed E-state index contributed by atoms with van der Waals surface area (Å²) in [4.78, 5) is 4.16. The highest BCUT2D eigenvalue weighted by Crippen LogP contribution is 2.20. The first kappa shape index (κ1) is 11.4. The highest BCUT2D eigenvalue weighted by molar-refractivity contribution is 5.51. The first-order valence-electron chi connectivity index (χ1n) is 6.01. The van der Waals surface area contributed by atoms with Gasteiger partial charge in [0.1, 0.15) is 17.7 Å². The predicted octanol–water partition coefficient (Wildman–Crippen LogP) is 0.601. The maximum atomic E-state index is 10.2. The molecule has 0 radical (unpaired) electrons. The van der Waals surface area contributed by atoms with Gasteiger partial charge >= 0.3 is 0 Å². The van der Waals surface area contributed by atoms with Crippen molar-refractivity contribution in [1.82, 2.24) is 14.6 Å². The lowest BCUT2D eigenvalue weighted by Crippen LogP contribution is -2.37. The van der Waals surface area contributed by atoms with E-state index in [1.54, 1.807) is 4.52 Å². The third kappa shape index (κ3) is 2.04. The maximum absolute atomic E-state index is 10.2. The molecule has 0 spiro atoms. The Hall–Kier alpha value is -1.66. The number of ether oxygens (including phenoxy) is 1. The van der Waals surface area contributed by atoms with Crippen LogP contribution in [-0.4, -0.2) is 45.1 Å². The summed E-state index contributed by atoms with van der Waals surface area (Å²) >= 11 is 0. The SMILES string of the molecule is Cc1cc(NCC2(O)CCOC2)n2ncnc2c1. The number of anilines is 1. The van der Waals surface area contributed by atoms with Crippen LogP contribution in [0.25, 0.3) is 5.65 Å². The third-order valence-electron chi connectivity index (χ3n) is 3.20. The molecule has 3 rings (SSSR count). The van der Waals surface area contributed by atoms with Gasteiger partial charge in [-0.3, -0.25) is 0 Å². The Labute approximate surface area is 105 Å². The minimum atomic E-state index is -0.781. The summed E-state index contributed by atoms with van der Waals surface area (Å²) in [5.74, 6) is 0.836. The number of aliphatic hydroxyl groups is 1. The number of hydrogen-bond donors (Lipinski definition) is 2. The number of hydrogen-bond acceptors (Lipinski definition) is 5. The molecule has 1 fully saturated rings. The second-order valence-electron chi connectivity index (χ2n) is 4.83. The van der Waals surface area contributed by atoms with Crippen LogP contribution in [0.15, 0.2) is 18.5 Å². The van der Waals surface area contributed by atoms with E-state index >= 15 is 0 Å². The molecule has 6 heteroatoms. The van der Waals surface area contributed by atoms with Gasteiger partial charge in [0.15, 0.2) is 5.65 Å². The van der Waals surface area contributed by atoms with Gasteiger partial charge in [0.25, 0.3) is 0 Å². The summed E-state index contributed by atoms with van der Waals surface area (Å²) in [6.45, 7) is 3.45. The number of pyridine rings is 1. The van der Waals surface area contributed by atoms with Crippen molar-refractivity contribution < 1.29 is 9.84 Å². The van der Waals surface area contributed by atoms with Crippen LogP contribution >= 0.6 is 0 Å². The fourth-order valence-corrected chi connectivity index (χ4v) is 2.17. The predicted molar refractivity (Wildman–Crippen MR) is 66.6 cm³/mol. The molecule has 1 aliphatic heterocycles. The summed E-state index contributed by atoms with van der Waals surface area (Å²) in [5.41, 5.74) is 1.12. The Morgan fingerprint density at radius 3 is 3.22 bits per heavy atom. The van der Waals surface area contributed by atoms with Crippen LogP contribution in [-0.2, 0) is 4.74 Å². The van der Waals surface area contributed by atoms with Crippen molar-refractivity contribution >= 4 is 11.5 Å². The third-order valence-corrected chi connectivity index (χ3v) is 3.20. The lowest BCUT2D eigenvalue weighted by molar-refractivity contribution is 0.0381. The molecule has 18 heavy (non-hydrogen) atoms. The molecule has 2 aromatic heterocycles. The number of aryl methyl sites for hydroxylation is 1. The first-order valence-corrected chi connectivity index (χ1v) is 6.01. The molecule has 1 atom stereocenters. The van der Waals surface area contributed by atoms with Crippen molar-refractivity contribution in [2.45, 2.75) is 18.9 Å². The highest BCUT2D eigenvalue weighted by atomic mass is 16.5. The van der Waals surface area contributed by atoms with Gasteiger partial charge in [0.2, 0.25) is 0 Å². The van der Waals surface area contributed by atoms with E-state index in [1.807, 2.05) is 19.1 Å². The van der Waals surface area contributed by atoms with E-state index in [-0.39, 0.29) is 0 Å². The van der Waals surface area contributed by atoms with Crippen molar-refractivity contribution in [3.05, 3.63) is 24.0 Å². The monoisotopic (exact) mass is 248 g/mol. The number of aromatic nitrogens is 3. The molecule has 3 heterocycles. The first-order chi connectivity index (χ1) is 8.66. The van der Waals surface area contributed by atoms with Gasteiger partial charge in [-0.25, -0.2) is 4.98 Å². The molecule has 2 N–H and O–H groups in total. The molecule has 0 aliphatic carbocycles. The smallest absolute Gasteiger partial charge is 0.157 e. The van der Waals surface area contributed by atoms with Crippen molar-refractivity contribution in [3.63, 3.8) is 0 Å². The molecule has 1 saturated heterocycles. The van der Waals surface area contributed by atoms with Crippen LogP contribution in [0.2, 0.25) is 0 Å². The molecule has 96 valence electrons. The van der Waals surface area contributed by atoms with Crippen LogP contribution in [0.4, 0.5) is 5.82 Å². The average molecular weight is 248 g/mol. The zero-order valence-electron chi connectivity index (χ0n) is 10.3. The van der Waals surface area contributed by atoms with Gasteiger partial charge in [-0.05, 0) is 24.6 Å². The summed E-state index contributed by atoms with van der Waals surface area (Å²) in [5, 5.41) is 17.6. The molecule has 0 aromatic carbocycles. The minimum absolute atomic E-state index is 0.381. The van der Waals surface area contributed by atoms with Gasteiger partial charge in [0, 0.05) is 19.6 Å². The summed E-state index contributed by atoms with van der Waals surface area (Å²) in [7, 11) is 0. The second kappa shape index (κ2) is 4.22. The van der Waals surface area contributed by atoms with E-state index in [1.165, 1.54) is 6.33 Å². The Balaban J connectivity index is 1.83. The van der Waals surface area contributed by atoms with Crippen LogP contribution < -0.4 is 5.32 Å². The summed E-state index contributed by atoms with van der Waals surface area (Å²) in [6, 6.07) is 3.95. The molecular formula is C12H16N4O2. The van der Waals surface area contributed by atoms with Crippen LogP contribution in [0.3, 0.4) is 0 Å². The van der Waals surface area contributed by atoms with E-state index in [0.717, 1.165) is 17.0 Å². The Kier molecular flexibility index (Phi) is 2.68. The minimum Gasteiger partial charge on any atom is -0.386 e. The van der Waals surface area contributed by atoms with E-state index in [2.05, 4.69) is 15.4 Å². The summed E-state index contributed by atoms with van der Waals surface area (Å²) < 4.78 is 6.95. The van der Waals surface area contributed by atoms with Crippen molar-refractivity contribution in [3.8, 4) is 0 Å².